The summed E-state index contributed by atoms with van der Waals surface area (Å²) in [6, 6.07) is 5.74. The molecule has 0 saturated carbocycles. The summed E-state index contributed by atoms with van der Waals surface area (Å²) in [7, 11) is 0. The van der Waals surface area contributed by atoms with E-state index in [0.29, 0.717) is 12.2 Å². The molecule has 58 valence electrons. The van der Waals surface area contributed by atoms with Gasteiger partial charge in [0, 0.05) is 0 Å². The van der Waals surface area contributed by atoms with E-state index < -0.39 is 0 Å². The van der Waals surface area contributed by atoms with Gasteiger partial charge >= 0.3 is 0 Å². The van der Waals surface area contributed by atoms with Crippen LogP contribution in [0.4, 0.5) is 0 Å². The topological polar surface area (TPSA) is 26.3 Å². The van der Waals surface area contributed by atoms with Gasteiger partial charge in [0.2, 0.25) is 0 Å². The average molecular weight is 150 g/mol. The highest BCUT2D eigenvalue weighted by Gasteiger charge is 1.97. The van der Waals surface area contributed by atoms with Crippen LogP contribution < -0.4 is 4.74 Å². The zero-order valence-electron chi connectivity index (χ0n) is 6.63. The lowest BCUT2D eigenvalue weighted by Crippen LogP contribution is -1.91. The summed E-state index contributed by atoms with van der Waals surface area (Å²) in [5.41, 5.74) is 2.06. The Balaban J connectivity index is 3.01. The molecule has 0 atom stereocenters. The standard InChI is InChI=1S/C9H10O2/c1-7-3-4-8(2)9(5-7)11-6-10/h3-6H,1-2H3. The van der Waals surface area contributed by atoms with Gasteiger partial charge in [-0.25, -0.2) is 0 Å². The highest BCUT2D eigenvalue weighted by atomic mass is 16.5. The maximum Gasteiger partial charge on any atom is 0.298 e. The number of carbonyl (C=O) groups excluding carboxylic acids is 1. The van der Waals surface area contributed by atoms with E-state index >= 15 is 0 Å². The van der Waals surface area contributed by atoms with Gasteiger partial charge in [-0.1, -0.05) is 12.1 Å². The van der Waals surface area contributed by atoms with Crippen molar-refractivity contribution in [3.05, 3.63) is 29.3 Å². The molecule has 2 nitrogen and oxygen atoms in total. The fourth-order valence-electron chi connectivity index (χ4n) is 0.886. The lowest BCUT2D eigenvalue weighted by molar-refractivity contribution is -0.120. The first-order valence-electron chi connectivity index (χ1n) is 3.41. The summed E-state index contributed by atoms with van der Waals surface area (Å²) in [6.45, 7) is 4.30. The maximum absolute atomic E-state index is 10.0. The van der Waals surface area contributed by atoms with Crippen molar-refractivity contribution >= 4 is 6.47 Å². The highest BCUT2D eigenvalue weighted by molar-refractivity contribution is 5.48. The highest BCUT2D eigenvalue weighted by Crippen LogP contribution is 2.17. The summed E-state index contributed by atoms with van der Waals surface area (Å²) >= 11 is 0. The zero-order chi connectivity index (χ0) is 8.27. The quantitative estimate of drug-likeness (QED) is 0.601. The number of ether oxygens (including phenoxy) is 1. The molecule has 0 aliphatic heterocycles. The van der Waals surface area contributed by atoms with Gasteiger partial charge in [0.25, 0.3) is 6.47 Å². The van der Waals surface area contributed by atoms with Gasteiger partial charge in [-0.15, -0.1) is 0 Å². The molecule has 0 N–H and O–H groups in total. The first kappa shape index (κ1) is 7.79. The number of carbonyl (C=O) groups is 1. The van der Waals surface area contributed by atoms with Crippen molar-refractivity contribution in [3.63, 3.8) is 0 Å². The van der Waals surface area contributed by atoms with Crippen molar-refractivity contribution in [3.8, 4) is 5.75 Å². The van der Waals surface area contributed by atoms with E-state index in [4.69, 9.17) is 4.74 Å². The molecule has 1 aromatic carbocycles. The second-order valence-corrected chi connectivity index (χ2v) is 2.48. The van der Waals surface area contributed by atoms with Gasteiger partial charge < -0.3 is 4.74 Å². The fraction of sp³-hybridized carbons (Fsp3) is 0.222. The molecule has 0 radical (unpaired) electrons. The van der Waals surface area contributed by atoms with Crippen LogP contribution in [0.1, 0.15) is 11.1 Å². The van der Waals surface area contributed by atoms with Crippen LogP contribution in [0, 0.1) is 13.8 Å². The SMILES string of the molecule is Cc1ccc(C)c(OC=O)c1. The number of hydrogen-bond donors (Lipinski definition) is 0. The minimum absolute atomic E-state index is 0.446. The summed E-state index contributed by atoms with van der Waals surface area (Å²) in [6.07, 6.45) is 0. The Hall–Kier alpha value is -1.31. The minimum Gasteiger partial charge on any atom is -0.428 e. The Labute approximate surface area is 65.8 Å². The van der Waals surface area contributed by atoms with Crippen LogP contribution in [0.15, 0.2) is 18.2 Å². The maximum atomic E-state index is 10.0. The lowest BCUT2D eigenvalue weighted by atomic mass is 10.1. The molecule has 0 aromatic heterocycles. The van der Waals surface area contributed by atoms with Gasteiger partial charge in [-0.2, -0.15) is 0 Å². The Bertz CT molecular complexity index is 266. The molecule has 0 unspecified atom stereocenters. The Kier molecular flexibility index (Phi) is 2.26. The number of hydrogen-bond acceptors (Lipinski definition) is 2. The van der Waals surface area contributed by atoms with Crippen LogP contribution in [0.5, 0.6) is 5.75 Å². The van der Waals surface area contributed by atoms with Crippen LogP contribution in [0.3, 0.4) is 0 Å². The predicted octanol–water partition coefficient (Wildman–Crippen LogP) is 1.84. The molecule has 0 amide bonds. The summed E-state index contributed by atoms with van der Waals surface area (Å²) in [5.74, 6) is 0.639. The largest absolute Gasteiger partial charge is 0.428 e. The predicted molar refractivity (Wildman–Crippen MR) is 42.6 cm³/mol. The molecule has 2 heteroatoms. The molecule has 0 fully saturated rings. The van der Waals surface area contributed by atoms with Gasteiger partial charge in [-0.05, 0) is 31.0 Å². The molecule has 0 heterocycles. The average Bonchev–Trinajstić information content (AvgIpc) is 1.98. The summed E-state index contributed by atoms with van der Waals surface area (Å²) < 4.78 is 4.74. The zero-order valence-corrected chi connectivity index (χ0v) is 6.63. The third-order valence-electron chi connectivity index (χ3n) is 1.52. The van der Waals surface area contributed by atoms with Crippen molar-refractivity contribution in [2.75, 3.05) is 0 Å². The van der Waals surface area contributed by atoms with Gasteiger partial charge in [-0.3, -0.25) is 4.79 Å². The normalized spacial score (nSPS) is 9.27. The van der Waals surface area contributed by atoms with Crippen molar-refractivity contribution in [1.82, 2.24) is 0 Å². The third-order valence-corrected chi connectivity index (χ3v) is 1.52. The van der Waals surface area contributed by atoms with Crippen molar-refractivity contribution < 1.29 is 9.53 Å². The van der Waals surface area contributed by atoms with Crippen molar-refractivity contribution in [1.29, 1.82) is 0 Å². The van der Waals surface area contributed by atoms with E-state index in [0.717, 1.165) is 11.1 Å². The van der Waals surface area contributed by atoms with E-state index in [-0.39, 0.29) is 0 Å². The van der Waals surface area contributed by atoms with E-state index in [1.165, 1.54) is 0 Å². The molecular formula is C9H10O2. The molecule has 0 bridgehead atoms. The minimum atomic E-state index is 0.446. The van der Waals surface area contributed by atoms with Crippen molar-refractivity contribution in [2.45, 2.75) is 13.8 Å². The first-order valence-corrected chi connectivity index (χ1v) is 3.41. The van der Waals surface area contributed by atoms with E-state index in [9.17, 15) is 4.79 Å². The Morgan fingerprint density at radius 2 is 2.09 bits per heavy atom. The van der Waals surface area contributed by atoms with Crippen LogP contribution in [0.25, 0.3) is 0 Å². The van der Waals surface area contributed by atoms with Crippen molar-refractivity contribution in [2.24, 2.45) is 0 Å². The number of rotatable bonds is 2. The second kappa shape index (κ2) is 3.19. The van der Waals surface area contributed by atoms with Gasteiger partial charge in [0.15, 0.2) is 0 Å². The molecule has 0 saturated heterocycles. The molecule has 1 aromatic rings. The molecule has 0 spiro atoms. The van der Waals surface area contributed by atoms with Gasteiger partial charge in [0.05, 0.1) is 0 Å². The summed E-state index contributed by atoms with van der Waals surface area (Å²) in [4.78, 5) is 10.0. The summed E-state index contributed by atoms with van der Waals surface area (Å²) in [5, 5.41) is 0. The molecule has 11 heavy (non-hydrogen) atoms. The Morgan fingerprint density at radius 3 is 2.73 bits per heavy atom. The van der Waals surface area contributed by atoms with E-state index in [1.807, 2.05) is 32.0 Å². The third kappa shape index (κ3) is 1.80. The monoisotopic (exact) mass is 150 g/mol. The van der Waals surface area contributed by atoms with Crippen LogP contribution in [0.2, 0.25) is 0 Å². The second-order valence-electron chi connectivity index (χ2n) is 2.48. The molecule has 0 aliphatic carbocycles. The number of aryl methyl sites for hydroxylation is 2. The molecule has 1 rings (SSSR count). The first-order chi connectivity index (χ1) is 5.24. The molecular weight excluding hydrogens is 140 g/mol. The van der Waals surface area contributed by atoms with Crippen LogP contribution in [-0.4, -0.2) is 6.47 Å². The van der Waals surface area contributed by atoms with E-state index in [1.54, 1.807) is 0 Å². The fourth-order valence-corrected chi connectivity index (χ4v) is 0.886. The van der Waals surface area contributed by atoms with Crippen LogP contribution in [-0.2, 0) is 4.79 Å². The molecule has 0 aliphatic rings. The lowest BCUT2D eigenvalue weighted by Gasteiger charge is -2.02. The Morgan fingerprint density at radius 1 is 1.36 bits per heavy atom. The van der Waals surface area contributed by atoms with Crippen LogP contribution >= 0.6 is 0 Å². The van der Waals surface area contributed by atoms with Gasteiger partial charge in [0.1, 0.15) is 5.75 Å². The number of benzene rings is 1. The van der Waals surface area contributed by atoms with E-state index in [2.05, 4.69) is 0 Å². The smallest absolute Gasteiger partial charge is 0.298 e.